The standard InChI is InChI=1S/C12H10Cl2N2O/c1-8-6-12(17)11(7-13)15-16(8)10-4-2-9(14)3-5-10/h2-6H,7H2,1H3. The number of nitrogens with zero attached hydrogens (tertiary/aromatic N) is 2. The third-order valence-corrected chi connectivity index (χ3v) is 2.88. The lowest BCUT2D eigenvalue weighted by atomic mass is 10.3. The Morgan fingerprint density at radius 1 is 1.29 bits per heavy atom. The molecular weight excluding hydrogens is 259 g/mol. The van der Waals surface area contributed by atoms with Crippen LogP contribution >= 0.6 is 23.2 Å². The summed E-state index contributed by atoms with van der Waals surface area (Å²) in [4.78, 5) is 11.5. The highest BCUT2D eigenvalue weighted by Crippen LogP contribution is 2.13. The molecule has 2 rings (SSSR count). The average molecular weight is 269 g/mol. The number of hydrogen-bond donors (Lipinski definition) is 0. The van der Waals surface area contributed by atoms with Crippen LogP contribution in [-0.4, -0.2) is 9.78 Å². The molecule has 1 aromatic carbocycles. The maximum absolute atomic E-state index is 11.5. The van der Waals surface area contributed by atoms with Crippen molar-refractivity contribution in [2.45, 2.75) is 12.8 Å². The molecular formula is C12H10Cl2N2O. The van der Waals surface area contributed by atoms with Gasteiger partial charge < -0.3 is 0 Å². The Bertz CT molecular complexity index is 590. The Morgan fingerprint density at radius 3 is 2.53 bits per heavy atom. The minimum Gasteiger partial charge on any atom is -0.288 e. The van der Waals surface area contributed by atoms with Crippen LogP contribution in [0.15, 0.2) is 35.1 Å². The summed E-state index contributed by atoms with van der Waals surface area (Å²) in [5.74, 6) is 0.104. The van der Waals surface area contributed by atoms with Crippen LogP contribution < -0.4 is 5.43 Å². The second-order valence-electron chi connectivity index (χ2n) is 3.62. The first-order chi connectivity index (χ1) is 8.11. The molecule has 0 saturated carbocycles. The van der Waals surface area contributed by atoms with Crippen LogP contribution in [0.2, 0.25) is 5.02 Å². The van der Waals surface area contributed by atoms with Crippen molar-refractivity contribution in [2.75, 3.05) is 0 Å². The number of hydrogen-bond acceptors (Lipinski definition) is 2. The third-order valence-electron chi connectivity index (χ3n) is 2.38. The maximum atomic E-state index is 11.5. The molecule has 0 unspecified atom stereocenters. The molecule has 1 aromatic heterocycles. The molecule has 5 heteroatoms. The number of aromatic nitrogens is 2. The zero-order chi connectivity index (χ0) is 12.4. The lowest BCUT2D eigenvalue weighted by molar-refractivity contribution is 0.772. The number of alkyl halides is 1. The third kappa shape index (κ3) is 2.51. The summed E-state index contributed by atoms with van der Waals surface area (Å²) in [6.07, 6.45) is 0. The van der Waals surface area contributed by atoms with Crippen LogP contribution in [0.4, 0.5) is 0 Å². The Labute approximate surface area is 109 Å². The molecule has 0 aliphatic carbocycles. The van der Waals surface area contributed by atoms with Crippen LogP contribution in [0.5, 0.6) is 0 Å². The fraction of sp³-hybridized carbons (Fsp3) is 0.167. The summed E-state index contributed by atoms with van der Waals surface area (Å²) in [5.41, 5.74) is 1.80. The van der Waals surface area contributed by atoms with Crippen molar-refractivity contribution in [1.29, 1.82) is 0 Å². The summed E-state index contributed by atoms with van der Waals surface area (Å²) in [6.45, 7) is 1.82. The maximum Gasteiger partial charge on any atom is 0.204 e. The van der Waals surface area contributed by atoms with Gasteiger partial charge in [0.25, 0.3) is 0 Å². The molecule has 3 nitrogen and oxygen atoms in total. The van der Waals surface area contributed by atoms with E-state index in [4.69, 9.17) is 23.2 Å². The Morgan fingerprint density at radius 2 is 1.94 bits per heavy atom. The van der Waals surface area contributed by atoms with Crippen LogP contribution in [0.3, 0.4) is 0 Å². The van der Waals surface area contributed by atoms with Gasteiger partial charge in [0.1, 0.15) is 5.69 Å². The van der Waals surface area contributed by atoms with Gasteiger partial charge in [-0.25, -0.2) is 4.68 Å². The van der Waals surface area contributed by atoms with Crippen molar-refractivity contribution in [1.82, 2.24) is 9.78 Å². The predicted octanol–water partition coefficient (Wildman–Crippen LogP) is 2.93. The fourth-order valence-corrected chi connectivity index (χ4v) is 1.83. The zero-order valence-electron chi connectivity index (χ0n) is 9.15. The molecule has 0 aliphatic heterocycles. The van der Waals surface area contributed by atoms with Gasteiger partial charge in [0.2, 0.25) is 5.43 Å². The van der Waals surface area contributed by atoms with E-state index < -0.39 is 0 Å². The lowest BCUT2D eigenvalue weighted by Gasteiger charge is -2.10. The van der Waals surface area contributed by atoms with Gasteiger partial charge in [-0.2, -0.15) is 5.10 Å². The smallest absolute Gasteiger partial charge is 0.204 e. The van der Waals surface area contributed by atoms with Crippen molar-refractivity contribution in [3.63, 3.8) is 0 Å². The van der Waals surface area contributed by atoms with Crippen LogP contribution in [-0.2, 0) is 5.88 Å². The quantitative estimate of drug-likeness (QED) is 0.785. The SMILES string of the molecule is Cc1cc(=O)c(CCl)nn1-c1ccc(Cl)cc1. The molecule has 0 amide bonds. The molecule has 0 spiro atoms. The van der Waals surface area contributed by atoms with E-state index in [2.05, 4.69) is 5.10 Å². The van der Waals surface area contributed by atoms with E-state index >= 15 is 0 Å². The van der Waals surface area contributed by atoms with Gasteiger partial charge in [-0.1, -0.05) is 11.6 Å². The summed E-state index contributed by atoms with van der Waals surface area (Å²) < 4.78 is 1.68. The van der Waals surface area contributed by atoms with Crippen molar-refractivity contribution < 1.29 is 0 Å². The van der Waals surface area contributed by atoms with E-state index in [9.17, 15) is 4.79 Å². The highest BCUT2D eigenvalue weighted by Gasteiger charge is 2.06. The normalized spacial score (nSPS) is 10.5. The molecule has 0 saturated heterocycles. The second kappa shape index (κ2) is 4.90. The molecule has 2 aromatic rings. The van der Waals surface area contributed by atoms with Gasteiger partial charge in [-0.15, -0.1) is 11.6 Å². The topological polar surface area (TPSA) is 34.9 Å². The lowest BCUT2D eigenvalue weighted by Crippen LogP contribution is -2.17. The molecule has 0 radical (unpaired) electrons. The van der Waals surface area contributed by atoms with Crippen molar-refractivity contribution in [3.05, 3.63) is 57.0 Å². The summed E-state index contributed by atoms with van der Waals surface area (Å²) >= 11 is 11.5. The molecule has 0 aliphatic rings. The number of aryl methyl sites for hydroxylation is 1. The Kier molecular flexibility index (Phi) is 3.50. The predicted molar refractivity (Wildman–Crippen MR) is 69.1 cm³/mol. The first-order valence-corrected chi connectivity index (χ1v) is 5.95. The van der Waals surface area contributed by atoms with Crippen molar-refractivity contribution >= 4 is 23.2 Å². The van der Waals surface area contributed by atoms with Crippen LogP contribution in [0.25, 0.3) is 5.69 Å². The van der Waals surface area contributed by atoms with Crippen molar-refractivity contribution in [2.24, 2.45) is 0 Å². The van der Waals surface area contributed by atoms with Crippen LogP contribution in [0, 0.1) is 6.92 Å². The van der Waals surface area contributed by atoms with Crippen molar-refractivity contribution in [3.8, 4) is 5.69 Å². The van der Waals surface area contributed by atoms with E-state index in [1.807, 2.05) is 19.1 Å². The molecule has 17 heavy (non-hydrogen) atoms. The number of benzene rings is 1. The van der Waals surface area contributed by atoms with E-state index in [1.54, 1.807) is 16.8 Å². The Balaban J connectivity index is 2.59. The largest absolute Gasteiger partial charge is 0.288 e. The van der Waals surface area contributed by atoms with E-state index in [0.717, 1.165) is 11.4 Å². The van der Waals surface area contributed by atoms with Gasteiger partial charge >= 0.3 is 0 Å². The van der Waals surface area contributed by atoms with E-state index in [-0.39, 0.29) is 11.3 Å². The first-order valence-electron chi connectivity index (χ1n) is 5.03. The van der Waals surface area contributed by atoms with Gasteiger partial charge in [0.05, 0.1) is 11.6 Å². The van der Waals surface area contributed by atoms with Gasteiger partial charge in [0, 0.05) is 16.8 Å². The number of halogens is 2. The molecule has 88 valence electrons. The van der Waals surface area contributed by atoms with E-state index in [0.29, 0.717) is 10.7 Å². The molecule has 0 N–H and O–H groups in total. The van der Waals surface area contributed by atoms with E-state index in [1.165, 1.54) is 6.07 Å². The molecule has 1 heterocycles. The van der Waals surface area contributed by atoms with Crippen LogP contribution in [0.1, 0.15) is 11.4 Å². The first kappa shape index (κ1) is 12.1. The Hall–Kier alpha value is -1.32. The minimum absolute atomic E-state index is 0.104. The zero-order valence-corrected chi connectivity index (χ0v) is 10.7. The molecule has 0 bridgehead atoms. The summed E-state index contributed by atoms with van der Waals surface area (Å²) in [5, 5.41) is 4.88. The number of rotatable bonds is 2. The molecule has 0 fully saturated rings. The minimum atomic E-state index is -0.136. The average Bonchev–Trinajstić information content (AvgIpc) is 2.31. The second-order valence-corrected chi connectivity index (χ2v) is 4.32. The fourth-order valence-electron chi connectivity index (χ4n) is 1.52. The summed E-state index contributed by atoms with van der Waals surface area (Å²) in [6, 6.07) is 8.75. The van der Waals surface area contributed by atoms with Gasteiger partial charge in [0.15, 0.2) is 0 Å². The monoisotopic (exact) mass is 268 g/mol. The summed E-state index contributed by atoms with van der Waals surface area (Å²) in [7, 11) is 0. The van der Waals surface area contributed by atoms with Gasteiger partial charge in [-0.05, 0) is 31.2 Å². The highest BCUT2D eigenvalue weighted by molar-refractivity contribution is 6.30. The van der Waals surface area contributed by atoms with Gasteiger partial charge in [-0.3, -0.25) is 4.79 Å². The molecule has 0 atom stereocenters. The highest BCUT2D eigenvalue weighted by atomic mass is 35.5.